The molecule has 0 aliphatic rings. The van der Waals surface area contributed by atoms with Gasteiger partial charge in [-0.15, -0.1) is 5.92 Å². The van der Waals surface area contributed by atoms with Gasteiger partial charge in [0, 0.05) is 25.1 Å². The molecule has 2 aromatic carbocycles. The number of hydrogen-bond acceptors (Lipinski definition) is 2. The van der Waals surface area contributed by atoms with Crippen LogP contribution in [0.4, 0.5) is 5.69 Å². The lowest BCUT2D eigenvalue weighted by molar-refractivity contribution is 0.0697. The number of benzene rings is 2. The van der Waals surface area contributed by atoms with E-state index in [0.717, 1.165) is 31.5 Å². The molecule has 0 aliphatic heterocycles. The van der Waals surface area contributed by atoms with Gasteiger partial charge in [0.15, 0.2) is 0 Å². The Bertz CT molecular complexity index is 799. The van der Waals surface area contributed by atoms with E-state index in [1.807, 2.05) is 12.1 Å². The number of aromatic carboxylic acids is 1. The van der Waals surface area contributed by atoms with Crippen LogP contribution in [-0.2, 0) is 6.42 Å². The van der Waals surface area contributed by atoms with Crippen LogP contribution in [0.15, 0.2) is 48.5 Å². The van der Waals surface area contributed by atoms with Crippen LogP contribution < -0.4 is 5.32 Å². The number of hydrogen-bond donors (Lipinski definition) is 2. The lowest BCUT2D eigenvalue weighted by Gasteiger charge is -2.06. The average molecular weight is 392 g/mol. The molecule has 2 N–H and O–H groups in total. The molecular formula is C26H33NO2. The fourth-order valence-corrected chi connectivity index (χ4v) is 3.26. The summed E-state index contributed by atoms with van der Waals surface area (Å²) in [5, 5.41) is 12.2. The highest BCUT2D eigenvalue weighted by Gasteiger charge is 2.01. The van der Waals surface area contributed by atoms with Crippen molar-refractivity contribution in [3.63, 3.8) is 0 Å². The van der Waals surface area contributed by atoms with E-state index in [2.05, 4.69) is 48.3 Å². The van der Waals surface area contributed by atoms with Crippen molar-refractivity contribution in [2.24, 2.45) is 0 Å². The van der Waals surface area contributed by atoms with E-state index < -0.39 is 5.97 Å². The smallest absolute Gasteiger partial charge is 0.335 e. The second kappa shape index (κ2) is 13.4. The standard InChI is InChI=1S/C26H33NO2/c1-22-13-12-15-23(21-22)14-10-8-6-4-2-3-5-7-9-11-20-27-25-18-16-24(17-19-25)26(28)29/h12-13,15-19,21,27H,2-7,9,11,14,20H2,1H3,(H,28,29). The van der Waals surface area contributed by atoms with Gasteiger partial charge in [-0.3, -0.25) is 0 Å². The molecule has 0 saturated heterocycles. The minimum absolute atomic E-state index is 0.327. The molecule has 3 nitrogen and oxygen atoms in total. The largest absolute Gasteiger partial charge is 0.478 e. The normalized spacial score (nSPS) is 10.2. The molecule has 0 saturated carbocycles. The quantitative estimate of drug-likeness (QED) is 0.322. The number of rotatable bonds is 12. The highest BCUT2D eigenvalue weighted by atomic mass is 16.4. The van der Waals surface area contributed by atoms with Crippen LogP contribution in [0.25, 0.3) is 0 Å². The summed E-state index contributed by atoms with van der Waals surface area (Å²) >= 11 is 0. The SMILES string of the molecule is Cc1cccc(CC#CCCCCCCCCCNc2ccc(C(=O)O)cc2)c1. The molecule has 0 unspecified atom stereocenters. The number of carbonyl (C=O) groups is 1. The zero-order valence-electron chi connectivity index (χ0n) is 17.5. The molecule has 29 heavy (non-hydrogen) atoms. The summed E-state index contributed by atoms with van der Waals surface area (Å²) in [6.07, 6.45) is 10.6. The third-order valence-electron chi connectivity index (χ3n) is 4.94. The van der Waals surface area contributed by atoms with Gasteiger partial charge in [-0.2, -0.15) is 0 Å². The molecule has 0 aliphatic carbocycles. The van der Waals surface area contributed by atoms with Crippen LogP contribution in [0, 0.1) is 18.8 Å². The van der Waals surface area contributed by atoms with E-state index in [9.17, 15) is 4.79 Å². The van der Waals surface area contributed by atoms with Gasteiger partial charge in [-0.25, -0.2) is 4.79 Å². The number of unbranched alkanes of at least 4 members (excludes halogenated alkanes) is 7. The summed E-state index contributed by atoms with van der Waals surface area (Å²) in [6, 6.07) is 15.5. The molecule has 2 rings (SSSR count). The first-order chi connectivity index (χ1) is 14.1. The average Bonchev–Trinajstić information content (AvgIpc) is 2.72. The van der Waals surface area contributed by atoms with Crippen LogP contribution in [0.3, 0.4) is 0 Å². The van der Waals surface area contributed by atoms with Gasteiger partial charge in [-0.05, 0) is 49.6 Å². The summed E-state index contributed by atoms with van der Waals surface area (Å²) in [6.45, 7) is 3.05. The number of aryl methyl sites for hydroxylation is 1. The Labute approximate surface area is 175 Å². The first-order valence-electron chi connectivity index (χ1n) is 10.7. The van der Waals surface area contributed by atoms with Crippen molar-refractivity contribution in [3.8, 4) is 11.8 Å². The first kappa shape index (κ1) is 22.6. The molecule has 3 heteroatoms. The lowest BCUT2D eigenvalue weighted by Crippen LogP contribution is -2.02. The van der Waals surface area contributed by atoms with Gasteiger partial charge < -0.3 is 10.4 Å². The highest BCUT2D eigenvalue weighted by molar-refractivity contribution is 5.87. The molecular weight excluding hydrogens is 358 g/mol. The maximum atomic E-state index is 10.8. The number of carboxylic acids is 1. The molecule has 2 aromatic rings. The number of carboxylic acid groups (broad SMARTS) is 1. The zero-order valence-corrected chi connectivity index (χ0v) is 17.5. The Kier molecular flexibility index (Phi) is 10.5. The lowest BCUT2D eigenvalue weighted by atomic mass is 10.1. The Morgan fingerprint density at radius 2 is 1.59 bits per heavy atom. The van der Waals surface area contributed by atoms with E-state index in [4.69, 9.17) is 5.11 Å². The third kappa shape index (κ3) is 9.85. The van der Waals surface area contributed by atoms with Gasteiger partial charge in [0.1, 0.15) is 0 Å². The Hall–Kier alpha value is -2.73. The van der Waals surface area contributed by atoms with Crippen LogP contribution >= 0.6 is 0 Å². The van der Waals surface area contributed by atoms with Crippen molar-refractivity contribution in [3.05, 3.63) is 65.2 Å². The molecule has 0 atom stereocenters. The minimum Gasteiger partial charge on any atom is -0.478 e. The maximum absolute atomic E-state index is 10.8. The van der Waals surface area contributed by atoms with Crippen LogP contribution in [0.2, 0.25) is 0 Å². The van der Waals surface area contributed by atoms with E-state index in [0.29, 0.717) is 5.56 Å². The fraction of sp³-hybridized carbons (Fsp3) is 0.423. The van der Waals surface area contributed by atoms with Crippen molar-refractivity contribution in [1.29, 1.82) is 0 Å². The molecule has 0 heterocycles. The summed E-state index contributed by atoms with van der Waals surface area (Å²) in [4.78, 5) is 10.8. The van der Waals surface area contributed by atoms with Gasteiger partial charge in [-0.1, -0.05) is 67.9 Å². The molecule has 0 radical (unpaired) electrons. The third-order valence-corrected chi connectivity index (χ3v) is 4.94. The second-order valence-electron chi connectivity index (χ2n) is 7.55. The summed E-state index contributed by atoms with van der Waals surface area (Å²) in [5.41, 5.74) is 3.92. The topological polar surface area (TPSA) is 49.3 Å². The molecule has 0 bridgehead atoms. The van der Waals surface area contributed by atoms with E-state index in [-0.39, 0.29) is 0 Å². The van der Waals surface area contributed by atoms with Crippen molar-refractivity contribution < 1.29 is 9.90 Å². The maximum Gasteiger partial charge on any atom is 0.335 e. The zero-order chi connectivity index (χ0) is 20.7. The molecule has 0 spiro atoms. The Balaban J connectivity index is 1.41. The number of nitrogens with one attached hydrogen (secondary N) is 1. The molecule has 0 fully saturated rings. The van der Waals surface area contributed by atoms with Gasteiger partial charge in [0.2, 0.25) is 0 Å². The van der Waals surface area contributed by atoms with E-state index in [1.54, 1.807) is 12.1 Å². The first-order valence-corrected chi connectivity index (χ1v) is 10.7. The second-order valence-corrected chi connectivity index (χ2v) is 7.55. The number of anilines is 1. The Morgan fingerprint density at radius 1 is 0.897 bits per heavy atom. The predicted octanol–water partition coefficient (Wildman–Crippen LogP) is 6.47. The van der Waals surface area contributed by atoms with Crippen molar-refractivity contribution in [2.45, 2.75) is 64.7 Å². The summed E-state index contributed by atoms with van der Waals surface area (Å²) in [5.74, 6) is 5.71. The van der Waals surface area contributed by atoms with E-state index in [1.165, 1.54) is 49.7 Å². The van der Waals surface area contributed by atoms with Crippen molar-refractivity contribution >= 4 is 11.7 Å². The van der Waals surface area contributed by atoms with Crippen LogP contribution in [-0.4, -0.2) is 17.6 Å². The predicted molar refractivity (Wildman–Crippen MR) is 121 cm³/mol. The highest BCUT2D eigenvalue weighted by Crippen LogP contribution is 2.11. The molecule has 0 aromatic heterocycles. The Morgan fingerprint density at radius 3 is 2.28 bits per heavy atom. The van der Waals surface area contributed by atoms with Crippen molar-refractivity contribution in [2.75, 3.05) is 11.9 Å². The fourth-order valence-electron chi connectivity index (χ4n) is 3.26. The van der Waals surface area contributed by atoms with E-state index >= 15 is 0 Å². The van der Waals surface area contributed by atoms with Crippen LogP contribution in [0.1, 0.15) is 72.9 Å². The molecule has 0 amide bonds. The minimum atomic E-state index is -0.883. The van der Waals surface area contributed by atoms with Gasteiger partial charge in [0.25, 0.3) is 0 Å². The van der Waals surface area contributed by atoms with Crippen LogP contribution in [0.5, 0.6) is 0 Å². The summed E-state index contributed by atoms with van der Waals surface area (Å²) < 4.78 is 0. The monoisotopic (exact) mass is 391 g/mol. The van der Waals surface area contributed by atoms with Crippen molar-refractivity contribution in [1.82, 2.24) is 0 Å². The summed E-state index contributed by atoms with van der Waals surface area (Å²) in [7, 11) is 0. The van der Waals surface area contributed by atoms with Gasteiger partial charge in [0.05, 0.1) is 5.56 Å². The van der Waals surface area contributed by atoms with Gasteiger partial charge >= 0.3 is 5.97 Å². The molecule has 154 valence electrons.